The topological polar surface area (TPSA) is 84.5 Å². The van der Waals surface area contributed by atoms with Gasteiger partial charge in [0, 0.05) is 18.4 Å². The first-order valence-electron chi connectivity index (χ1n) is 7.07. The standard InChI is InChI=1S/C15H22N2O4S/c1-10-5-6-13-11(7-10)12(8-21-13)17-14(18)16-9-15(2,3)22(4,19)20/h5-7,12H,8-9H2,1-4H3,(H2,16,17,18). The molecule has 1 aromatic carbocycles. The Morgan fingerprint density at radius 1 is 1.41 bits per heavy atom. The van der Waals surface area contributed by atoms with Gasteiger partial charge < -0.3 is 15.4 Å². The third-order valence-corrected chi connectivity index (χ3v) is 6.08. The van der Waals surface area contributed by atoms with Crippen molar-refractivity contribution in [3.8, 4) is 5.75 Å². The minimum Gasteiger partial charge on any atom is -0.491 e. The van der Waals surface area contributed by atoms with E-state index in [1.807, 2.05) is 25.1 Å². The first kappa shape index (κ1) is 16.6. The van der Waals surface area contributed by atoms with Crippen LogP contribution in [0.15, 0.2) is 18.2 Å². The van der Waals surface area contributed by atoms with Gasteiger partial charge in [-0.3, -0.25) is 0 Å². The Bertz CT molecular complexity index is 683. The summed E-state index contributed by atoms with van der Waals surface area (Å²) < 4.78 is 27.8. The molecule has 2 rings (SSSR count). The van der Waals surface area contributed by atoms with Gasteiger partial charge in [0.25, 0.3) is 0 Å². The maximum atomic E-state index is 12.0. The van der Waals surface area contributed by atoms with E-state index >= 15 is 0 Å². The fourth-order valence-electron chi connectivity index (χ4n) is 2.09. The molecule has 7 heteroatoms. The molecule has 6 nitrogen and oxygen atoms in total. The molecule has 1 atom stereocenters. The number of aryl methyl sites for hydroxylation is 1. The molecule has 2 amide bonds. The number of fused-ring (bicyclic) bond motifs is 1. The zero-order valence-electron chi connectivity index (χ0n) is 13.3. The van der Waals surface area contributed by atoms with Crippen LogP contribution in [0.5, 0.6) is 5.75 Å². The number of rotatable bonds is 4. The molecule has 1 aromatic rings. The van der Waals surface area contributed by atoms with Crippen LogP contribution < -0.4 is 15.4 Å². The lowest BCUT2D eigenvalue weighted by Gasteiger charge is -2.23. The summed E-state index contributed by atoms with van der Waals surface area (Å²) in [6, 6.07) is 5.19. The van der Waals surface area contributed by atoms with Crippen molar-refractivity contribution in [3.05, 3.63) is 29.3 Å². The van der Waals surface area contributed by atoms with Crippen molar-refractivity contribution in [1.29, 1.82) is 0 Å². The van der Waals surface area contributed by atoms with Crippen LogP contribution in [0.3, 0.4) is 0 Å². The molecule has 2 N–H and O–H groups in total. The molecular weight excluding hydrogens is 304 g/mol. The largest absolute Gasteiger partial charge is 0.491 e. The highest BCUT2D eigenvalue weighted by molar-refractivity contribution is 7.92. The molecule has 0 saturated heterocycles. The van der Waals surface area contributed by atoms with Crippen LogP contribution in [-0.4, -0.2) is 38.6 Å². The van der Waals surface area contributed by atoms with Gasteiger partial charge >= 0.3 is 6.03 Å². The van der Waals surface area contributed by atoms with Gasteiger partial charge in [0.2, 0.25) is 0 Å². The van der Waals surface area contributed by atoms with Gasteiger partial charge in [0.1, 0.15) is 12.4 Å². The molecule has 22 heavy (non-hydrogen) atoms. The van der Waals surface area contributed by atoms with Crippen molar-refractivity contribution in [1.82, 2.24) is 10.6 Å². The molecule has 0 saturated carbocycles. The molecule has 0 radical (unpaired) electrons. The Hall–Kier alpha value is -1.76. The van der Waals surface area contributed by atoms with Gasteiger partial charge in [-0.15, -0.1) is 0 Å². The highest BCUT2D eigenvalue weighted by atomic mass is 32.2. The molecule has 1 unspecified atom stereocenters. The van der Waals surface area contributed by atoms with E-state index in [4.69, 9.17) is 4.74 Å². The number of carbonyl (C=O) groups is 1. The summed E-state index contributed by atoms with van der Waals surface area (Å²) in [6.07, 6.45) is 1.16. The van der Waals surface area contributed by atoms with Crippen molar-refractivity contribution in [2.45, 2.75) is 31.6 Å². The Balaban J connectivity index is 1.96. The third-order valence-electron chi connectivity index (χ3n) is 3.93. The van der Waals surface area contributed by atoms with Crippen LogP contribution in [0.4, 0.5) is 4.79 Å². The number of urea groups is 1. The van der Waals surface area contributed by atoms with Gasteiger partial charge in [-0.25, -0.2) is 13.2 Å². The molecule has 0 aromatic heterocycles. The number of nitrogens with one attached hydrogen (secondary N) is 2. The van der Waals surface area contributed by atoms with Gasteiger partial charge in [-0.1, -0.05) is 17.7 Å². The number of benzene rings is 1. The first-order valence-corrected chi connectivity index (χ1v) is 8.96. The van der Waals surface area contributed by atoms with E-state index in [1.54, 1.807) is 13.8 Å². The van der Waals surface area contributed by atoms with E-state index in [0.29, 0.717) is 6.61 Å². The van der Waals surface area contributed by atoms with Crippen molar-refractivity contribution in [2.75, 3.05) is 19.4 Å². The zero-order chi connectivity index (χ0) is 16.5. The van der Waals surface area contributed by atoms with Crippen LogP contribution in [0, 0.1) is 6.92 Å². The first-order chi connectivity index (χ1) is 10.1. The molecule has 0 fully saturated rings. The quantitative estimate of drug-likeness (QED) is 0.879. The number of carbonyl (C=O) groups excluding carboxylic acids is 1. The minimum absolute atomic E-state index is 0.0475. The molecule has 1 aliphatic rings. The average Bonchev–Trinajstić information content (AvgIpc) is 2.78. The van der Waals surface area contributed by atoms with Gasteiger partial charge in [-0.05, 0) is 26.8 Å². The lowest BCUT2D eigenvalue weighted by atomic mass is 10.1. The number of hydrogen-bond acceptors (Lipinski definition) is 4. The summed E-state index contributed by atoms with van der Waals surface area (Å²) in [5.74, 6) is 0.771. The summed E-state index contributed by atoms with van der Waals surface area (Å²) >= 11 is 0. The molecular formula is C15H22N2O4S. The third kappa shape index (κ3) is 3.52. The van der Waals surface area contributed by atoms with Crippen molar-refractivity contribution in [2.24, 2.45) is 0 Å². The van der Waals surface area contributed by atoms with Crippen LogP contribution in [-0.2, 0) is 9.84 Å². The Morgan fingerprint density at radius 2 is 2.09 bits per heavy atom. The highest BCUT2D eigenvalue weighted by Gasteiger charge is 2.31. The lowest BCUT2D eigenvalue weighted by molar-refractivity contribution is 0.231. The second-order valence-corrected chi connectivity index (χ2v) is 8.91. The second-order valence-electron chi connectivity index (χ2n) is 6.26. The summed E-state index contributed by atoms with van der Waals surface area (Å²) in [6.45, 7) is 5.57. The number of ether oxygens (including phenoxy) is 1. The lowest BCUT2D eigenvalue weighted by Crippen LogP contribution is -2.47. The minimum atomic E-state index is -3.25. The number of amides is 2. The predicted molar refractivity (Wildman–Crippen MR) is 84.9 cm³/mol. The van der Waals surface area contributed by atoms with Crippen molar-refractivity contribution < 1.29 is 17.9 Å². The van der Waals surface area contributed by atoms with E-state index in [9.17, 15) is 13.2 Å². The molecule has 0 spiro atoms. The maximum Gasteiger partial charge on any atom is 0.315 e. The van der Waals surface area contributed by atoms with Crippen LogP contribution in [0.1, 0.15) is 31.0 Å². The molecule has 0 bridgehead atoms. The summed E-state index contributed by atoms with van der Waals surface area (Å²) in [7, 11) is -3.25. The summed E-state index contributed by atoms with van der Waals surface area (Å²) in [5, 5.41) is 5.43. The van der Waals surface area contributed by atoms with Crippen LogP contribution in [0.2, 0.25) is 0 Å². The molecule has 1 aliphatic heterocycles. The van der Waals surface area contributed by atoms with Gasteiger partial charge in [0.05, 0.1) is 10.8 Å². The molecule has 122 valence electrons. The monoisotopic (exact) mass is 326 g/mol. The van der Waals surface area contributed by atoms with E-state index < -0.39 is 20.6 Å². The fraction of sp³-hybridized carbons (Fsp3) is 0.533. The second kappa shape index (κ2) is 5.79. The van der Waals surface area contributed by atoms with Crippen molar-refractivity contribution >= 4 is 15.9 Å². The summed E-state index contributed by atoms with van der Waals surface area (Å²) in [5.41, 5.74) is 2.03. The smallest absolute Gasteiger partial charge is 0.315 e. The maximum absolute atomic E-state index is 12.0. The predicted octanol–water partition coefficient (Wildman–Crippen LogP) is 1.55. The van der Waals surface area contributed by atoms with E-state index in [2.05, 4.69) is 10.6 Å². The van der Waals surface area contributed by atoms with Gasteiger partial charge in [0.15, 0.2) is 9.84 Å². The molecule has 0 aliphatic carbocycles. The fourth-order valence-corrected chi connectivity index (χ4v) is 2.42. The highest BCUT2D eigenvalue weighted by Crippen LogP contribution is 2.32. The molecule has 1 heterocycles. The van der Waals surface area contributed by atoms with Crippen LogP contribution in [0.25, 0.3) is 0 Å². The Kier molecular flexibility index (Phi) is 4.37. The zero-order valence-corrected chi connectivity index (χ0v) is 14.1. The van der Waals surface area contributed by atoms with Crippen LogP contribution >= 0.6 is 0 Å². The van der Waals surface area contributed by atoms with E-state index in [1.165, 1.54) is 0 Å². The van der Waals surface area contributed by atoms with Crippen molar-refractivity contribution in [3.63, 3.8) is 0 Å². The number of hydrogen-bond donors (Lipinski definition) is 2. The van der Waals surface area contributed by atoms with Gasteiger partial charge in [-0.2, -0.15) is 0 Å². The number of sulfone groups is 1. The van der Waals surface area contributed by atoms with E-state index in [0.717, 1.165) is 23.1 Å². The Labute approximate surface area is 131 Å². The normalized spacial score (nSPS) is 17.5. The summed E-state index contributed by atoms with van der Waals surface area (Å²) in [4.78, 5) is 12.0. The SMILES string of the molecule is Cc1ccc2c(c1)C(NC(=O)NCC(C)(C)S(C)(=O)=O)CO2. The van der Waals surface area contributed by atoms with E-state index in [-0.39, 0.29) is 12.6 Å². The average molecular weight is 326 g/mol. The Morgan fingerprint density at radius 3 is 2.73 bits per heavy atom.